The standard InChI is InChI=1S/C13H24N2O2/c1-3-17-12-8-11(12)13(16)15-6-4-10(5-7-15)9-14-2/h10-12,14H,3-9H2,1-2H3. The van der Waals surface area contributed by atoms with Crippen LogP contribution in [0.5, 0.6) is 0 Å². The van der Waals surface area contributed by atoms with E-state index in [-0.39, 0.29) is 12.0 Å². The molecule has 2 atom stereocenters. The predicted octanol–water partition coefficient (Wildman–Crippen LogP) is 0.869. The van der Waals surface area contributed by atoms with E-state index >= 15 is 0 Å². The molecule has 4 nitrogen and oxygen atoms in total. The maximum atomic E-state index is 12.1. The summed E-state index contributed by atoms with van der Waals surface area (Å²) in [4.78, 5) is 14.2. The highest BCUT2D eigenvalue weighted by Gasteiger charge is 2.46. The van der Waals surface area contributed by atoms with Crippen LogP contribution in [-0.2, 0) is 9.53 Å². The quantitative estimate of drug-likeness (QED) is 0.775. The molecule has 2 unspecified atom stereocenters. The lowest BCUT2D eigenvalue weighted by atomic mass is 9.96. The molecule has 1 heterocycles. The van der Waals surface area contributed by atoms with Crippen molar-refractivity contribution in [2.45, 2.75) is 32.3 Å². The Hall–Kier alpha value is -0.610. The average molecular weight is 240 g/mol. The van der Waals surface area contributed by atoms with Gasteiger partial charge in [0.2, 0.25) is 5.91 Å². The van der Waals surface area contributed by atoms with Crippen LogP contribution in [0, 0.1) is 11.8 Å². The van der Waals surface area contributed by atoms with E-state index in [2.05, 4.69) is 5.32 Å². The number of nitrogens with zero attached hydrogens (tertiary/aromatic N) is 1. The number of hydrogen-bond acceptors (Lipinski definition) is 3. The van der Waals surface area contributed by atoms with Crippen molar-refractivity contribution >= 4 is 5.91 Å². The fraction of sp³-hybridized carbons (Fsp3) is 0.923. The first-order valence-electron chi connectivity index (χ1n) is 6.81. The van der Waals surface area contributed by atoms with Gasteiger partial charge in [0.15, 0.2) is 0 Å². The maximum absolute atomic E-state index is 12.1. The molecule has 1 saturated heterocycles. The zero-order chi connectivity index (χ0) is 12.3. The molecule has 4 heteroatoms. The summed E-state index contributed by atoms with van der Waals surface area (Å²) < 4.78 is 5.48. The van der Waals surface area contributed by atoms with Gasteiger partial charge in [0.25, 0.3) is 0 Å². The molecule has 0 aromatic rings. The molecule has 98 valence electrons. The summed E-state index contributed by atoms with van der Waals surface area (Å²) in [5.41, 5.74) is 0. The van der Waals surface area contributed by atoms with Crippen LogP contribution < -0.4 is 5.32 Å². The van der Waals surface area contributed by atoms with E-state index in [1.807, 2.05) is 18.9 Å². The van der Waals surface area contributed by atoms with Crippen LogP contribution in [0.4, 0.5) is 0 Å². The molecule has 0 radical (unpaired) electrons. The molecule has 1 aliphatic heterocycles. The molecule has 0 aromatic carbocycles. The van der Waals surface area contributed by atoms with Gasteiger partial charge < -0.3 is 15.0 Å². The fourth-order valence-electron chi connectivity index (χ4n) is 2.71. The summed E-state index contributed by atoms with van der Waals surface area (Å²) >= 11 is 0. The van der Waals surface area contributed by atoms with Gasteiger partial charge in [-0.1, -0.05) is 0 Å². The summed E-state index contributed by atoms with van der Waals surface area (Å²) in [5, 5.41) is 3.22. The van der Waals surface area contributed by atoms with Gasteiger partial charge in [0.1, 0.15) is 0 Å². The first-order chi connectivity index (χ1) is 8.26. The summed E-state index contributed by atoms with van der Waals surface area (Å²) in [7, 11) is 1.99. The molecule has 1 saturated carbocycles. The van der Waals surface area contributed by atoms with E-state index in [1.165, 1.54) is 0 Å². The molecule has 2 rings (SSSR count). The Labute approximate surface area is 104 Å². The van der Waals surface area contributed by atoms with Crippen molar-refractivity contribution in [3.8, 4) is 0 Å². The molecule has 0 spiro atoms. The van der Waals surface area contributed by atoms with Gasteiger partial charge in [0.05, 0.1) is 12.0 Å². The second-order valence-electron chi connectivity index (χ2n) is 5.16. The van der Waals surface area contributed by atoms with Crippen LogP contribution in [0.25, 0.3) is 0 Å². The van der Waals surface area contributed by atoms with Crippen molar-refractivity contribution in [3.05, 3.63) is 0 Å². The first kappa shape index (κ1) is 12.8. The Bertz CT molecular complexity index is 262. The van der Waals surface area contributed by atoms with E-state index in [0.29, 0.717) is 5.91 Å². The number of likely N-dealkylation sites (tertiary alicyclic amines) is 1. The van der Waals surface area contributed by atoms with Crippen LogP contribution in [0.2, 0.25) is 0 Å². The molecule has 17 heavy (non-hydrogen) atoms. The summed E-state index contributed by atoms with van der Waals surface area (Å²) in [6.45, 7) is 5.65. The van der Waals surface area contributed by atoms with E-state index in [1.54, 1.807) is 0 Å². The zero-order valence-corrected chi connectivity index (χ0v) is 10.9. The maximum Gasteiger partial charge on any atom is 0.228 e. The molecule has 1 aliphatic carbocycles. The zero-order valence-electron chi connectivity index (χ0n) is 10.9. The highest BCUT2D eigenvalue weighted by molar-refractivity contribution is 5.82. The van der Waals surface area contributed by atoms with Crippen molar-refractivity contribution < 1.29 is 9.53 Å². The fourth-order valence-corrected chi connectivity index (χ4v) is 2.71. The van der Waals surface area contributed by atoms with Gasteiger partial charge in [-0.15, -0.1) is 0 Å². The minimum Gasteiger partial charge on any atom is -0.378 e. The number of piperidine rings is 1. The minimum atomic E-state index is 0.163. The van der Waals surface area contributed by atoms with Gasteiger partial charge in [-0.2, -0.15) is 0 Å². The second-order valence-corrected chi connectivity index (χ2v) is 5.16. The number of carbonyl (C=O) groups is 1. The third kappa shape index (κ3) is 3.19. The van der Waals surface area contributed by atoms with Crippen molar-refractivity contribution in [3.63, 3.8) is 0 Å². The number of hydrogen-bond donors (Lipinski definition) is 1. The Kier molecular flexibility index (Phi) is 4.40. The Morgan fingerprint density at radius 2 is 2.12 bits per heavy atom. The smallest absolute Gasteiger partial charge is 0.228 e. The van der Waals surface area contributed by atoms with E-state index in [0.717, 1.165) is 51.4 Å². The average Bonchev–Trinajstić information content (AvgIpc) is 3.10. The summed E-state index contributed by atoms with van der Waals surface area (Å²) in [6, 6.07) is 0. The lowest BCUT2D eigenvalue weighted by molar-refractivity contribution is -0.135. The number of ether oxygens (including phenoxy) is 1. The van der Waals surface area contributed by atoms with E-state index in [4.69, 9.17) is 4.74 Å². The summed E-state index contributed by atoms with van der Waals surface area (Å²) in [6.07, 6.45) is 3.42. The first-order valence-corrected chi connectivity index (χ1v) is 6.81. The summed E-state index contributed by atoms with van der Waals surface area (Å²) in [5.74, 6) is 1.23. The Morgan fingerprint density at radius 3 is 2.71 bits per heavy atom. The predicted molar refractivity (Wildman–Crippen MR) is 66.8 cm³/mol. The van der Waals surface area contributed by atoms with Crippen LogP contribution >= 0.6 is 0 Å². The third-order valence-electron chi connectivity index (χ3n) is 3.85. The highest BCUT2D eigenvalue weighted by atomic mass is 16.5. The molecule has 0 aromatic heterocycles. The molecular formula is C13H24N2O2. The minimum absolute atomic E-state index is 0.163. The third-order valence-corrected chi connectivity index (χ3v) is 3.85. The second kappa shape index (κ2) is 5.83. The Balaban J connectivity index is 1.72. The lowest BCUT2D eigenvalue weighted by Crippen LogP contribution is -2.41. The monoisotopic (exact) mass is 240 g/mol. The number of rotatable bonds is 5. The largest absolute Gasteiger partial charge is 0.378 e. The van der Waals surface area contributed by atoms with Crippen LogP contribution in [0.1, 0.15) is 26.2 Å². The van der Waals surface area contributed by atoms with Gasteiger partial charge in [-0.3, -0.25) is 4.79 Å². The molecular weight excluding hydrogens is 216 g/mol. The van der Waals surface area contributed by atoms with Crippen molar-refractivity contribution in [1.29, 1.82) is 0 Å². The highest BCUT2D eigenvalue weighted by Crippen LogP contribution is 2.36. The number of nitrogens with one attached hydrogen (secondary N) is 1. The van der Waals surface area contributed by atoms with Gasteiger partial charge in [-0.25, -0.2) is 0 Å². The van der Waals surface area contributed by atoms with Gasteiger partial charge >= 0.3 is 0 Å². The normalized spacial score (nSPS) is 29.4. The molecule has 1 N–H and O–H groups in total. The van der Waals surface area contributed by atoms with Crippen molar-refractivity contribution in [1.82, 2.24) is 10.2 Å². The van der Waals surface area contributed by atoms with Crippen molar-refractivity contribution in [2.75, 3.05) is 33.3 Å². The van der Waals surface area contributed by atoms with Crippen LogP contribution in [-0.4, -0.2) is 50.2 Å². The van der Waals surface area contributed by atoms with Crippen LogP contribution in [0.3, 0.4) is 0 Å². The van der Waals surface area contributed by atoms with Gasteiger partial charge in [0, 0.05) is 19.7 Å². The SMILES string of the molecule is CCOC1CC1C(=O)N1CCC(CNC)CC1. The van der Waals surface area contributed by atoms with E-state index < -0.39 is 0 Å². The van der Waals surface area contributed by atoms with Gasteiger partial charge in [-0.05, 0) is 45.7 Å². The van der Waals surface area contributed by atoms with E-state index in [9.17, 15) is 4.79 Å². The molecule has 2 aliphatic rings. The number of carbonyl (C=O) groups excluding carboxylic acids is 1. The van der Waals surface area contributed by atoms with Crippen LogP contribution in [0.15, 0.2) is 0 Å². The lowest BCUT2D eigenvalue weighted by Gasteiger charge is -2.32. The molecule has 2 fully saturated rings. The Morgan fingerprint density at radius 1 is 1.41 bits per heavy atom. The topological polar surface area (TPSA) is 41.6 Å². The number of amides is 1. The molecule has 0 bridgehead atoms. The molecule has 1 amide bonds. The van der Waals surface area contributed by atoms with Crippen molar-refractivity contribution in [2.24, 2.45) is 11.8 Å².